The number of halogens is 1. The van der Waals surface area contributed by atoms with Gasteiger partial charge in [-0.05, 0) is 23.3 Å². The molecule has 3 rings (SSSR count). The van der Waals surface area contributed by atoms with Crippen LogP contribution in [0.25, 0.3) is 0 Å². The van der Waals surface area contributed by atoms with E-state index in [1.165, 1.54) is 24.4 Å². The third-order valence-electron chi connectivity index (χ3n) is 3.68. The van der Waals surface area contributed by atoms with Gasteiger partial charge >= 0.3 is 0 Å². The lowest BCUT2D eigenvalue weighted by atomic mass is 9.99. The van der Waals surface area contributed by atoms with Crippen molar-refractivity contribution in [3.05, 3.63) is 107 Å². The van der Waals surface area contributed by atoms with E-state index in [0.717, 1.165) is 11.1 Å². The number of Topliss-reactive ketones (excluding diaryl/α,β-unsaturated/α-hetero) is 1. The molecule has 0 fully saturated rings. The number of ketones is 1. The fraction of sp³-hybridized carbons (Fsp3) is 0.0476. The minimum absolute atomic E-state index is 0.273. The maximum Gasteiger partial charge on any atom is 0.203 e. The summed E-state index contributed by atoms with van der Waals surface area (Å²) < 4.78 is 13.3. The van der Waals surface area contributed by atoms with E-state index < -0.39 is 5.82 Å². The molecule has 0 heterocycles. The van der Waals surface area contributed by atoms with Gasteiger partial charge in [0.05, 0.1) is 6.21 Å². The van der Waals surface area contributed by atoms with Crippen molar-refractivity contribution in [1.29, 1.82) is 0 Å². The molecule has 0 atom stereocenters. The van der Waals surface area contributed by atoms with Crippen LogP contribution in [0.2, 0.25) is 0 Å². The fourth-order valence-electron chi connectivity index (χ4n) is 2.49. The Morgan fingerprint density at radius 2 is 1.42 bits per heavy atom. The van der Waals surface area contributed by atoms with Gasteiger partial charge in [0, 0.05) is 5.56 Å². The van der Waals surface area contributed by atoms with Gasteiger partial charge in [0.15, 0.2) is 0 Å². The number of benzene rings is 3. The number of nitrogens with zero attached hydrogens (tertiary/aromatic N) is 1. The van der Waals surface area contributed by atoms with E-state index in [2.05, 4.69) is 4.99 Å². The average Bonchev–Trinajstić information content (AvgIpc) is 2.63. The molecule has 2 nitrogen and oxygen atoms in total. The van der Waals surface area contributed by atoms with Crippen molar-refractivity contribution in [2.75, 3.05) is 0 Å². The molecule has 118 valence electrons. The van der Waals surface area contributed by atoms with E-state index in [0.29, 0.717) is 5.56 Å². The Labute approximate surface area is 140 Å². The van der Waals surface area contributed by atoms with Crippen LogP contribution in [0, 0.1) is 5.82 Å². The molecule has 0 unspecified atom stereocenters. The van der Waals surface area contributed by atoms with E-state index in [4.69, 9.17) is 0 Å². The maximum atomic E-state index is 13.3. The predicted molar refractivity (Wildman–Crippen MR) is 93.9 cm³/mol. The highest BCUT2D eigenvalue weighted by atomic mass is 19.1. The number of carbonyl (C=O) groups excluding carboxylic acids is 1. The van der Waals surface area contributed by atoms with Gasteiger partial charge < -0.3 is 0 Å². The van der Waals surface area contributed by atoms with E-state index in [9.17, 15) is 9.18 Å². The highest BCUT2D eigenvalue weighted by Crippen LogP contribution is 2.25. The standard InChI is InChI=1S/C21H16FNO/c22-19-13-7-12-18(14-19)20(24)15-23-21(16-8-3-1-4-9-16)17-10-5-2-6-11-17/h1-15,21H. The lowest BCUT2D eigenvalue weighted by Crippen LogP contribution is -2.04. The Morgan fingerprint density at radius 1 is 0.833 bits per heavy atom. The van der Waals surface area contributed by atoms with Gasteiger partial charge in [-0.25, -0.2) is 4.39 Å². The van der Waals surface area contributed by atoms with Gasteiger partial charge in [0.25, 0.3) is 0 Å². The van der Waals surface area contributed by atoms with Crippen LogP contribution in [-0.2, 0) is 0 Å². The molecule has 0 aliphatic carbocycles. The number of carbonyl (C=O) groups is 1. The summed E-state index contributed by atoms with van der Waals surface area (Å²) in [5.74, 6) is -0.747. The third-order valence-corrected chi connectivity index (χ3v) is 3.68. The molecule has 3 aromatic rings. The summed E-state index contributed by atoms with van der Waals surface area (Å²) in [5.41, 5.74) is 2.28. The number of hydrogen-bond acceptors (Lipinski definition) is 2. The fourth-order valence-corrected chi connectivity index (χ4v) is 2.49. The molecule has 0 saturated carbocycles. The molecule has 0 amide bonds. The Kier molecular flexibility index (Phi) is 4.92. The Morgan fingerprint density at radius 3 is 1.96 bits per heavy atom. The van der Waals surface area contributed by atoms with Gasteiger partial charge in [-0.1, -0.05) is 72.8 Å². The second-order valence-electron chi connectivity index (χ2n) is 5.38. The molecule has 24 heavy (non-hydrogen) atoms. The van der Waals surface area contributed by atoms with Crippen molar-refractivity contribution < 1.29 is 9.18 Å². The smallest absolute Gasteiger partial charge is 0.203 e. The van der Waals surface area contributed by atoms with E-state index in [-0.39, 0.29) is 11.8 Å². The lowest BCUT2D eigenvalue weighted by Gasteiger charge is -2.13. The molecule has 0 bridgehead atoms. The van der Waals surface area contributed by atoms with Gasteiger partial charge in [0.2, 0.25) is 5.78 Å². The molecule has 0 aliphatic rings. The van der Waals surface area contributed by atoms with Crippen molar-refractivity contribution in [2.45, 2.75) is 6.04 Å². The van der Waals surface area contributed by atoms with E-state index in [1.54, 1.807) is 6.07 Å². The molecule has 3 aromatic carbocycles. The minimum Gasteiger partial charge on any atom is -0.288 e. The molecule has 0 spiro atoms. The zero-order valence-electron chi connectivity index (χ0n) is 13.0. The van der Waals surface area contributed by atoms with Gasteiger partial charge in [-0.15, -0.1) is 0 Å². The summed E-state index contributed by atoms with van der Waals surface area (Å²) in [4.78, 5) is 16.7. The first-order chi connectivity index (χ1) is 11.7. The summed E-state index contributed by atoms with van der Waals surface area (Å²) in [6.45, 7) is 0. The first kappa shape index (κ1) is 15.8. The van der Waals surface area contributed by atoms with Crippen molar-refractivity contribution in [2.24, 2.45) is 4.99 Å². The third kappa shape index (κ3) is 3.82. The average molecular weight is 317 g/mol. The first-order valence-electron chi connectivity index (χ1n) is 7.67. The predicted octanol–water partition coefficient (Wildman–Crippen LogP) is 4.87. The number of aliphatic imine (C=N–C) groups is 1. The van der Waals surface area contributed by atoms with E-state index >= 15 is 0 Å². The highest BCUT2D eigenvalue weighted by Gasteiger charge is 2.12. The number of rotatable bonds is 5. The van der Waals surface area contributed by atoms with Crippen molar-refractivity contribution >= 4 is 12.0 Å². The monoisotopic (exact) mass is 317 g/mol. The second kappa shape index (κ2) is 7.47. The summed E-state index contributed by atoms with van der Waals surface area (Å²) in [7, 11) is 0. The van der Waals surface area contributed by atoms with E-state index in [1.807, 2.05) is 60.7 Å². The van der Waals surface area contributed by atoms with Gasteiger partial charge in [0.1, 0.15) is 11.9 Å². The summed E-state index contributed by atoms with van der Waals surface area (Å²) in [5, 5.41) is 0. The molecule has 0 N–H and O–H groups in total. The quantitative estimate of drug-likeness (QED) is 0.487. The van der Waals surface area contributed by atoms with Crippen LogP contribution >= 0.6 is 0 Å². The van der Waals surface area contributed by atoms with Crippen molar-refractivity contribution in [1.82, 2.24) is 0 Å². The normalized spacial score (nSPS) is 11.1. The van der Waals surface area contributed by atoms with Gasteiger partial charge in [-0.3, -0.25) is 9.79 Å². The highest BCUT2D eigenvalue weighted by molar-refractivity contribution is 6.35. The van der Waals surface area contributed by atoms with Gasteiger partial charge in [-0.2, -0.15) is 0 Å². The largest absolute Gasteiger partial charge is 0.288 e. The summed E-state index contributed by atoms with van der Waals surface area (Å²) >= 11 is 0. The number of hydrogen-bond donors (Lipinski definition) is 0. The Bertz CT molecular complexity index is 804. The topological polar surface area (TPSA) is 29.4 Å². The van der Waals surface area contributed by atoms with Crippen LogP contribution in [0.15, 0.2) is 89.9 Å². The minimum atomic E-state index is -0.433. The van der Waals surface area contributed by atoms with Crippen molar-refractivity contribution in [3.63, 3.8) is 0 Å². The molecule has 0 saturated heterocycles. The molecule has 0 radical (unpaired) electrons. The van der Waals surface area contributed by atoms with Crippen LogP contribution in [0.5, 0.6) is 0 Å². The summed E-state index contributed by atoms with van der Waals surface area (Å²) in [6, 6.07) is 24.9. The molecule has 0 aliphatic heterocycles. The van der Waals surface area contributed by atoms with Crippen molar-refractivity contribution in [3.8, 4) is 0 Å². The maximum absolute atomic E-state index is 13.3. The molecular weight excluding hydrogens is 301 g/mol. The summed E-state index contributed by atoms with van der Waals surface area (Å²) in [6.07, 6.45) is 1.28. The zero-order chi connectivity index (χ0) is 16.8. The molecular formula is C21H16FNO. The Hall–Kier alpha value is -3.07. The molecule has 3 heteroatoms. The Balaban J connectivity index is 1.91. The van der Waals surface area contributed by atoms with Crippen LogP contribution in [0.3, 0.4) is 0 Å². The second-order valence-corrected chi connectivity index (χ2v) is 5.38. The van der Waals surface area contributed by atoms with Crippen LogP contribution < -0.4 is 0 Å². The lowest BCUT2D eigenvalue weighted by molar-refractivity contribution is 0.107. The van der Waals surface area contributed by atoms with Crippen LogP contribution in [0.4, 0.5) is 4.39 Å². The zero-order valence-corrected chi connectivity index (χ0v) is 13.0. The van der Waals surface area contributed by atoms with Crippen LogP contribution in [-0.4, -0.2) is 12.0 Å². The SMILES string of the molecule is O=C(C=NC(c1ccccc1)c1ccccc1)c1cccc(F)c1. The van der Waals surface area contributed by atoms with Crippen LogP contribution in [0.1, 0.15) is 27.5 Å². The first-order valence-corrected chi connectivity index (χ1v) is 7.67. The molecule has 0 aromatic heterocycles.